The lowest BCUT2D eigenvalue weighted by Gasteiger charge is -2.37. The van der Waals surface area contributed by atoms with E-state index in [-0.39, 0.29) is 18.5 Å². The number of hydrogen-bond donors (Lipinski definition) is 0. The molecule has 4 heterocycles. The number of fused-ring (bicyclic) bond motifs is 24. The van der Waals surface area contributed by atoms with Gasteiger partial charge in [0.15, 0.2) is 0 Å². The van der Waals surface area contributed by atoms with E-state index in [1.165, 1.54) is 214 Å². The van der Waals surface area contributed by atoms with Crippen molar-refractivity contribution in [1.29, 1.82) is 0 Å². The summed E-state index contributed by atoms with van der Waals surface area (Å²) in [7, 11) is 0. The van der Waals surface area contributed by atoms with E-state index >= 15 is 0 Å². The van der Waals surface area contributed by atoms with Gasteiger partial charge in [-0.3, -0.25) is 0 Å². The molecule has 2 nitrogen and oxygen atoms in total. The molecular weight excluding hydrogens is 1070 g/mol. The summed E-state index contributed by atoms with van der Waals surface area (Å²) in [6, 6.07) is 69.0. The van der Waals surface area contributed by atoms with Crippen LogP contribution in [0.2, 0.25) is 0 Å². The van der Waals surface area contributed by atoms with Crippen LogP contribution >= 0.6 is 0 Å². The molecule has 2 atom stereocenters. The number of rotatable bonds is 2. The first-order valence-corrected chi connectivity index (χ1v) is 31.9. The first-order valence-electron chi connectivity index (χ1n) is 31.9. The molecule has 14 aromatic rings. The molecule has 0 saturated carbocycles. The van der Waals surface area contributed by atoms with Gasteiger partial charge in [-0.2, -0.15) is 0 Å². The third-order valence-corrected chi connectivity index (χ3v) is 22.4. The average molecular weight is 1120 g/mol. The summed E-state index contributed by atoms with van der Waals surface area (Å²) in [6.45, 7) is -0.109. The van der Waals surface area contributed by atoms with Crippen molar-refractivity contribution in [3.05, 3.63) is 316 Å². The van der Waals surface area contributed by atoms with Gasteiger partial charge in [0.1, 0.15) is 0 Å². The SMILES string of the molecule is C1=CC2=CCc3ccc(-c4cc5c6c(c4)c4c7c8ccccc8c8ccccc8c7ccc4n6-c4cccc6c4B5c4cc(C5=C7C=CC8=C9C(=CC=C(C=C5)C79)CC=C8)cc5c7c8c9ccccc9c9ccccc9c8ccc7n-6c45)c4c3C2C(=C1)C=C4. The van der Waals surface area contributed by atoms with Crippen molar-refractivity contribution in [2.75, 3.05) is 0 Å². The highest BCUT2D eigenvalue weighted by Gasteiger charge is 2.43. The molecule has 0 radical (unpaired) electrons. The van der Waals surface area contributed by atoms with E-state index in [9.17, 15) is 0 Å². The van der Waals surface area contributed by atoms with Crippen LogP contribution in [0.15, 0.2) is 294 Å². The maximum Gasteiger partial charge on any atom is 0.252 e. The maximum atomic E-state index is 2.70. The van der Waals surface area contributed by atoms with Crippen molar-refractivity contribution in [1.82, 2.24) is 9.13 Å². The fraction of sp³-hybridized carbons (Fsp3) is 0.0465. The van der Waals surface area contributed by atoms with Crippen LogP contribution in [0.4, 0.5) is 0 Å². The second-order valence-corrected chi connectivity index (χ2v) is 26.3. The molecule has 0 bridgehead atoms. The maximum absolute atomic E-state index is 2.70. The standard InChI is InChI=1S/C86H49BN2/c1-3-20-60-56(16-1)58-18-5-7-22-62(58)80-66(60)38-40-72-82(80)68-42-52(54-34-30-50-28-26-46-12-9-14-48-32-36-64(54)78(50)76(46)48)44-70-85(68)88(72)74-24-11-25-75-84(74)87(70)71-45-53(55-35-31-51-29-27-47-13-10-15-49-33-37-65(55)79(51)77(47)49)43-69-83-73(89(75)86(69)71)41-39-67-61-21-4-2-17-57(61)59-19-6-8-23-63(59)81(67)83/h1-12,14-27,29-45,76,79H,13,28H2. The van der Waals surface area contributed by atoms with Gasteiger partial charge in [-0.1, -0.05) is 225 Å². The van der Waals surface area contributed by atoms with Crippen LogP contribution in [0.1, 0.15) is 34.6 Å². The zero-order chi connectivity index (χ0) is 57.2. The number of nitrogens with zero attached hydrogens (tertiary/aromatic N) is 2. The molecule has 0 N–H and O–H groups in total. The molecule has 12 aromatic carbocycles. The van der Waals surface area contributed by atoms with Gasteiger partial charge in [-0.05, 0) is 197 Å². The van der Waals surface area contributed by atoms with E-state index < -0.39 is 0 Å². The van der Waals surface area contributed by atoms with E-state index in [4.69, 9.17) is 0 Å². The van der Waals surface area contributed by atoms with Crippen molar-refractivity contribution in [3.63, 3.8) is 0 Å². The molecule has 406 valence electrons. The molecule has 23 rings (SSSR count). The van der Waals surface area contributed by atoms with E-state index in [0.717, 1.165) is 12.8 Å². The molecule has 89 heavy (non-hydrogen) atoms. The van der Waals surface area contributed by atoms with Gasteiger partial charge in [0.25, 0.3) is 6.71 Å². The number of hydrogen-bond acceptors (Lipinski definition) is 0. The summed E-state index contributed by atoms with van der Waals surface area (Å²) in [6.07, 6.45) is 35.4. The first-order chi connectivity index (χ1) is 44.2. The quantitative estimate of drug-likeness (QED) is 0.121. The van der Waals surface area contributed by atoms with Crippen LogP contribution in [-0.4, -0.2) is 15.8 Å². The van der Waals surface area contributed by atoms with Crippen molar-refractivity contribution < 1.29 is 0 Å². The summed E-state index contributed by atoms with van der Waals surface area (Å²) in [4.78, 5) is 0. The fourth-order valence-electron chi connectivity index (χ4n) is 19.0. The molecule has 9 aliphatic rings. The lowest BCUT2D eigenvalue weighted by molar-refractivity contribution is 0.835. The zero-order valence-corrected chi connectivity index (χ0v) is 48.4. The minimum atomic E-state index is -0.109. The summed E-state index contributed by atoms with van der Waals surface area (Å²) in [5.41, 5.74) is 31.0. The Morgan fingerprint density at radius 1 is 0.404 bits per heavy atom. The summed E-state index contributed by atoms with van der Waals surface area (Å²) < 4.78 is 5.39. The van der Waals surface area contributed by atoms with Crippen molar-refractivity contribution in [2.24, 2.45) is 5.92 Å². The fourth-order valence-corrected chi connectivity index (χ4v) is 19.0. The molecule has 0 fully saturated rings. The minimum Gasteiger partial charge on any atom is -0.310 e. The predicted molar refractivity (Wildman–Crippen MR) is 377 cm³/mol. The molecule has 2 aliphatic heterocycles. The Labute approximate surface area is 512 Å². The van der Waals surface area contributed by atoms with Gasteiger partial charge in [-0.15, -0.1) is 0 Å². The lowest BCUT2D eigenvalue weighted by atomic mass is 9.34. The van der Waals surface area contributed by atoms with E-state index in [1.54, 1.807) is 0 Å². The Bertz CT molecular complexity index is 6260. The molecule has 3 heteroatoms. The van der Waals surface area contributed by atoms with E-state index in [1.807, 2.05) is 0 Å². The minimum absolute atomic E-state index is 0.109. The molecule has 2 unspecified atom stereocenters. The summed E-state index contributed by atoms with van der Waals surface area (Å²) in [5, 5.41) is 20.9. The van der Waals surface area contributed by atoms with Crippen molar-refractivity contribution >= 4 is 143 Å². The number of aromatic nitrogens is 2. The van der Waals surface area contributed by atoms with Crippen LogP contribution in [0.3, 0.4) is 0 Å². The molecule has 0 amide bonds. The number of benzene rings is 12. The zero-order valence-electron chi connectivity index (χ0n) is 48.4. The highest BCUT2D eigenvalue weighted by molar-refractivity contribution is 7.00. The van der Waals surface area contributed by atoms with Gasteiger partial charge in [0, 0.05) is 66.6 Å². The molecule has 7 aliphatic carbocycles. The predicted octanol–water partition coefficient (Wildman–Crippen LogP) is 19.3. The van der Waals surface area contributed by atoms with Gasteiger partial charge in [-0.25, -0.2) is 0 Å². The number of allylic oxidation sites excluding steroid dienone is 21. The Balaban J connectivity index is 0.900. The molecule has 0 spiro atoms. The monoisotopic (exact) mass is 1120 g/mol. The Kier molecular flexibility index (Phi) is 8.39. The summed E-state index contributed by atoms with van der Waals surface area (Å²) >= 11 is 0. The Morgan fingerprint density at radius 3 is 1.65 bits per heavy atom. The van der Waals surface area contributed by atoms with Crippen molar-refractivity contribution in [2.45, 2.75) is 18.8 Å². The molecule has 2 aromatic heterocycles. The Morgan fingerprint density at radius 2 is 0.989 bits per heavy atom. The topological polar surface area (TPSA) is 9.86 Å². The largest absolute Gasteiger partial charge is 0.310 e. The van der Waals surface area contributed by atoms with Gasteiger partial charge in [0.2, 0.25) is 0 Å². The lowest BCUT2D eigenvalue weighted by Crippen LogP contribution is -2.59. The van der Waals surface area contributed by atoms with Crippen LogP contribution in [0.5, 0.6) is 0 Å². The Hall–Kier alpha value is -11.0. The highest BCUT2D eigenvalue weighted by atomic mass is 15.0. The van der Waals surface area contributed by atoms with Crippen LogP contribution in [-0.2, 0) is 6.42 Å². The smallest absolute Gasteiger partial charge is 0.252 e. The normalized spacial score (nSPS) is 18.4. The third-order valence-electron chi connectivity index (χ3n) is 22.4. The average Bonchev–Trinajstić information content (AvgIpc) is 1.55. The second kappa shape index (κ2) is 16.1. The first kappa shape index (κ1) is 46.3. The van der Waals surface area contributed by atoms with Crippen molar-refractivity contribution in [3.8, 4) is 22.5 Å². The van der Waals surface area contributed by atoms with Gasteiger partial charge < -0.3 is 9.13 Å². The highest BCUT2D eigenvalue weighted by Crippen LogP contribution is 2.54. The van der Waals surface area contributed by atoms with Crippen LogP contribution < -0.4 is 16.4 Å². The second-order valence-electron chi connectivity index (χ2n) is 26.3. The molecule has 0 saturated heterocycles. The van der Waals surface area contributed by atoms with Gasteiger partial charge in [0.05, 0.1) is 11.0 Å². The van der Waals surface area contributed by atoms with Crippen LogP contribution in [0.25, 0.3) is 142 Å². The molecular formula is C86H49BN2. The van der Waals surface area contributed by atoms with E-state index in [2.05, 4.69) is 270 Å². The van der Waals surface area contributed by atoms with Crippen LogP contribution in [0, 0.1) is 5.92 Å². The van der Waals surface area contributed by atoms with Gasteiger partial charge >= 0.3 is 0 Å². The summed E-state index contributed by atoms with van der Waals surface area (Å²) in [5.74, 6) is 0.438. The third kappa shape index (κ3) is 5.57. The van der Waals surface area contributed by atoms with E-state index in [0.29, 0.717) is 0 Å².